The molecule has 188 valence electrons. The van der Waals surface area contributed by atoms with Crippen LogP contribution < -0.4 is 33.2 Å². The van der Waals surface area contributed by atoms with Gasteiger partial charge in [0.1, 0.15) is 18.1 Å². The Hall–Kier alpha value is -3.22. The smallest absolute Gasteiger partial charge is 0.326 e. The second kappa shape index (κ2) is 14.0. The van der Waals surface area contributed by atoms with Crippen molar-refractivity contribution in [1.82, 2.24) is 16.0 Å². The normalized spacial score (nSPS) is 15.5. The van der Waals surface area contributed by atoms with Crippen LogP contribution in [0.25, 0.3) is 0 Å². The Bertz CT molecular complexity index is 742. The van der Waals surface area contributed by atoms with Crippen molar-refractivity contribution in [3.8, 4) is 0 Å². The monoisotopic (exact) mass is 472 g/mol. The van der Waals surface area contributed by atoms with Gasteiger partial charge in [-0.15, -0.1) is 0 Å². The lowest BCUT2D eigenvalue weighted by molar-refractivity contribution is -0.144. The molecule has 13 heteroatoms. The van der Waals surface area contributed by atoms with Crippen LogP contribution in [0.4, 0.5) is 0 Å². The van der Waals surface area contributed by atoms with Crippen LogP contribution in [0.1, 0.15) is 53.4 Å². The zero-order valence-corrected chi connectivity index (χ0v) is 19.4. The van der Waals surface area contributed by atoms with Gasteiger partial charge in [-0.05, 0) is 18.3 Å². The topological polar surface area (TPSA) is 237 Å². The first-order valence-corrected chi connectivity index (χ1v) is 10.7. The van der Waals surface area contributed by atoms with Gasteiger partial charge in [-0.2, -0.15) is 0 Å². The number of carboxylic acids is 1. The van der Waals surface area contributed by atoms with Gasteiger partial charge in [0.25, 0.3) is 0 Å². The average molecular weight is 473 g/mol. The molecule has 0 fully saturated rings. The summed E-state index contributed by atoms with van der Waals surface area (Å²) >= 11 is 0. The highest BCUT2D eigenvalue weighted by Crippen LogP contribution is 2.11. The second-order valence-corrected chi connectivity index (χ2v) is 8.28. The van der Waals surface area contributed by atoms with E-state index in [4.69, 9.17) is 17.2 Å². The first-order chi connectivity index (χ1) is 15.2. The van der Waals surface area contributed by atoms with E-state index in [0.717, 1.165) is 0 Å². The standard InChI is InChI=1S/C20H36N6O7/c1-5-10(4)16(19(31)25-15(9(2)3)20(32)33)26-18(30)12(6-7-13(22)27)24-17(29)11(21)8-14(23)28/h9-12,15-16H,5-8,21H2,1-4H3,(H2,22,27)(H2,23,28)(H,24,29)(H,25,31)(H,26,30)(H,32,33). The third-order valence-electron chi connectivity index (χ3n) is 5.09. The lowest BCUT2D eigenvalue weighted by Gasteiger charge is -2.28. The zero-order chi connectivity index (χ0) is 25.9. The van der Waals surface area contributed by atoms with E-state index in [1.807, 2.05) is 0 Å². The SMILES string of the molecule is CCC(C)C(NC(=O)C(CCC(N)=O)NC(=O)C(N)CC(N)=O)C(=O)NC(C(=O)O)C(C)C. The number of carboxylic acid groups (broad SMARTS) is 1. The van der Waals surface area contributed by atoms with Crippen LogP contribution >= 0.6 is 0 Å². The number of carbonyl (C=O) groups excluding carboxylic acids is 5. The molecule has 0 bridgehead atoms. The molecule has 0 saturated heterocycles. The van der Waals surface area contributed by atoms with Crippen LogP contribution in [-0.4, -0.2) is 64.8 Å². The quantitative estimate of drug-likeness (QED) is 0.136. The molecule has 0 aromatic heterocycles. The molecule has 5 unspecified atom stereocenters. The molecule has 0 aromatic carbocycles. The van der Waals surface area contributed by atoms with Gasteiger partial charge in [-0.1, -0.05) is 34.1 Å². The van der Waals surface area contributed by atoms with Crippen LogP contribution in [-0.2, 0) is 28.8 Å². The van der Waals surface area contributed by atoms with E-state index in [1.165, 1.54) is 0 Å². The Morgan fingerprint density at radius 1 is 0.818 bits per heavy atom. The van der Waals surface area contributed by atoms with Gasteiger partial charge in [0.05, 0.1) is 12.5 Å². The van der Waals surface area contributed by atoms with Gasteiger partial charge in [-0.3, -0.25) is 24.0 Å². The molecule has 0 spiro atoms. The predicted octanol–water partition coefficient (Wildman–Crippen LogP) is -2.30. The number of carbonyl (C=O) groups is 6. The van der Waals surface area contributed by atoms with Crippen LogP contribution in [0.5, 0.6) is 0 Å². The summed E-state index contributed by atoms with van der Waals surface area (Å²) in [5.41, 5.74) is 15.8. The van der Waals surface area contributed by atoms with Crippen molar-refractivity contribution in [2.75, 3.05) is 0 Å². The molecule has 0 aliphatic heterocycles. The fourth-order valence-corrected chi connectivity index (χ4v) is 2.86. The van der Waals surface area contributed by atoms with E-state index in [-0.39, 0.29) is 18.8 Å². The van der Waals surface area contributed by atoms with Crippen molar-refractivity contribution in [2.45, 2.75) is 77.5 Å². The van der Waals surface area contributed by atoms with Crippen LogP contribution in [0, 0.1) is 11.8 Å². The molecule has 0 heterocycles. The largest absolute Gasteiger partial charge is 0.480 e. The van der Waals surface area contributed by atoms with Crippen molar-refractivity contribution in [3.63, 3.8) is 0 Å². The summed E-state index contributed by atoms with van der Waals surface area (Å²) < 4.78 is 0. The fraction of sp³-hybridized carbons (Fsp3) is 0.700. The Balaban J connectivity index is 5.63. The molecule has 0 radical (unpaired) electrons. The van der Waals surface area contributed by atoms with E-state index in [1.54, 1.807) is 27.7 Å². The summed E-state index contributed by atoms with van der Waals surface area (Å²) in [6, 6.07) is -4.89. The number of aliphatic carboxylic acids is 1. The number of primary amides is 2. The third-order valence-corrected chi connectivity index (χ3v) is 5.09. The molecule has 0 aromatic rings. The van der Waals surface area contributed by atoms with E-state index >= 15 is 0 Å². The Morgan fingerprint density at radius 2 is 1.36 bits per heavy atom. The maximum Gasteiger partial charge on any atom is 0.326 e. The molecule has 10 N–H and O–H groups in total. The first kappa shape index (κ1) is 29.8. The number of nitrogens with one attached hydrogen (secondary N) is 3. The Morgan fingerprint density at radius 3 is 1.79 bits per heavy atom. The van der Waals surface area contributed by atoms with Gasteiger partial charge in [0, 0.05) is 6.42 Å². The highest BCUT2D eigenvalue weighted by atomic mass is 16.4. The minimum absolute atomic E-state index is 0.186. The van der Waals surface area contributed by atoms with Crippen LogP contribution in [0.3, 0.4) is 0 Å². The van der Waals surface area contributed by atoms with Gasteiger partial charge in [0.15, 0.2) is 0 Å². The van der Waals surface area contributed by atoms with Gasteiger partial charge < -0.3 is 38.3 Å². The summed E-state index contributed by atoms with van der Waals surface area (Å²) in [7, 11) is 0. The molecule has 33 heavy (non-hydrogen) atoms. The molecule has 0 aliphatic carbocycles. The highest BCUT2D eigenvalue weighted by Gasteiger charge is 2.33. The minimum atomic E-state index is -1.32. The number of hydrogen-bond donors (Lipinski definition) is 7. The van der Waals surface area contributed by atoms with Gasteiger partial charge in [0.2, 0.25) is 29.5 Å². The third kappa shape index (κ3) is 10.8. The number of rotatable bonds is 15. The lowest BCUT2D eigenvalue weighted by atomic mass is 9.96. The first-order valence-electron chi connectivity index (χ1n) is 10.7. The van der Waals surface area contributed by atoms with Crippen molar-refractivity contribution in [3.05, 3.63) is 0 Å². The zero-order valence-electron chi connectivity index (χ0n) is 19.4. The molecule has 5 amide bonds. The maximum atomic E-state index is 12.9. The van der Waals surface area contributed by atoms with E-state index in [0.29, 0.717) is 6.42 Å². The van der Waals surface area contributed by atoms with Gasteiger partial charge >= 0.3 is 5.97 Å². The van der Waals surface area contributed by atoms with Crippen molar-refractivity contribution < 1.29 is 33.9 Å². The van der Waals surface area contributed by atoms with Crippen molar-refractivity contribution >= 4 is 35.5 Å². The number of hydrogen-bond acceptors (Lipinski definition) is 7. The van der Waals surface area contributed by atoms with E-state index in [9.17, 15) is 33.9 Å². The summed E-state index contributed by atoms with van der Waals surface area (Å²) in [6.45, 7) is 6.72. The van der Waals surface area contributed by atoms with Crippen molar-refractivity contribution in [1.29, 1.82) is 0 Å². The number of amides is 5. The minimum Gasteiger partial charge on any atom is -0.480 e. The molecular weight excluding hydrogens is 436 g/mol. The van der Waals surface area contributed by atoms with Crippen LogP contribution in [0.15, 0.2) is 0 Å². The molecule has 5 atom stereocenters. The fourth-order valence-electron chi connectivity index (χ4n) is 2.86. The number of nitrogens with two attached hydrogens (primary N) is 3. The second-order valence-electron chi connectivity index (χ2n) is 8.28. The molecule has 0 aliphatic rings. The average Bonchev–Trinajstić information content (AvgIpc) is 2.70. The highest BCUT2D eigenvalue weighted by molar-refractivity contribution is 5.95. The Labute approximate surface area is 192 Å². The molecule has 13 nitrogen and oxygen atoms in total. The Kier molecular flexibility index (Phi) is 12.7. The molecule has 0 saturated carbocycles. The van der Waals surface area contributed by atoms with E-state index in [2.05, 4.69) is 16.0 Å². The summed E-state index contributed by atoms with van der Waals surface area (Å²) in [5, 5.41) is 16.6. The van der Waals surface area contributed by atoms with Crippen LogP contribution in [0.2, 0.25) is 0 Å². The summed E-state index contributed by atoms with van der Waals surface area (Å²) in [4.78, 5) is 71.6. The van der Waals surface area contributed by atoms with Crippen molar-refractivity contribution in [2.24, 2.45) is 29.0 Å². The molecular formula is C20H36N6O7. The maximum absolute atomic E-state index is 12.9. The molecule has 0 rings (SSSR count). The summed E-state index contributed by atoms with van der Waals surface area (Å²) in [6.07, 6.45) is -0.425. The summed E-state index contributed by atoms with van der Waals surface area (Å²) in [5.74, 6) is -5.91. The van der Waals surface area contributed by atoms with E-state index < -0.39 is 72.0 Å². The predicted molar refractivity (Wildman–Crippen MR) is 118 cm³/mol. The van der Waals surface area contributed by atoms with Gasteiger partial charge in [-0.25, -0.2) is 4.79 Å². The lowest BCUT2D eigenvalue weighted by Crippen LogP contribution is -2.59.